The van der Waals surface area contributed by atoms with Gasteiger partial charge >= 0.3 is 6.18 Å². The van der Waals surface area contributed by atoms with Gasteiger partial charge < -0.3 is 20.2 Å². The SMILES string of the molecule is CNC(=O)c1ccc(N2CCC(CC3CCN(C(=O)C(O)(c4cc(F)cc(F)c4)C(F)(F)F)CC3)CC2)cc1Cl. The lowest BCUT2D eigenvalue weighted by Gasteiger charge is -2.40. The first-order valence-electron chi connectivity index (χ1n) is 13.1. The first kappa shape index (κ1) is 30.0. The van der Waals surface area contributed by atoms with Gasteiger partial charge in [-0.25, -0.2) is 8.78 Å². The molecule has 0 aromatic heterocycles. The number of benzene rings is 2. The summed E-state index contributed by atoms with van der Waals surface area (Å²) >= 11 is 6.29. The first-order valence-corrected chi connectivity index (χ1v) is 13.5. The Balaban J connectivity index is 1.32. The van der Waals surface area contributed by atoms with Crippen LogP contribution in [0.4, 0.5) is 27.6 Å². The van der Waals surface area contributed by atoms with Gasteiger partial charge in [0.05, 0.1) is 10.6 Å². The monoisotopic (exact) mass is 587 g/mol. The van der Waals surface area contributed by atoms with Crippen LogP contribution in [0.1, 0.15) is 48.0 Å². The average Bonchev–Trinajstić information content (AvgIpc) is 2.91. The Kier molecular flexibility index (Phi) is 8.94. The van der Waals surface area contributed by atoms with Crippen molar-refractivity contribution in [3.8, 4) is 0 Å². The van der Waals surface area contributed by atoms with E-state index in [-0.39, 0.29) is 24.9 Å². The van der Waals surface area contributed by atoms with Crippen molar-refractivity contribution in [2.24, 2.45) is 11.8 Å². The highest BCUT2D eigenvalue weighted by molar-refractivity contribution is 6.34. The molecule has 6 nitrogen and oxygen atoms in total. The summed E-state index contributed by atoms with van der Waals surface area (Å²) < 4.78 is 69.1. The van der Waals surface area contributed by atoms with E-state index in [1.54, 1.807) is 12.1 Å². The van der Waals surface area contributed by atoms with Crippen molar-refractivity contribution in [3.63, 3.8) is 0 Å². The van der Waals surface area contributed by atoms with Crippen LogP contribution < -0.4 is 10.2 Å². The molecule has 1 atom stereocenters. The zero-order valence-electron chi connectivity index (χ0n) is 21.9. The molecule has 2 saturated heterocycles. The predicted octanol–water partition coefficient (Wildman–Crippen LogP) is 5.27. The molecule has 2 heterocycles. The van der Waals surface area contributed by atoms with E-state index in [1.807, 2.05) is 6.07 Å². The van der Waals surface area contributed by atoms with Gasteiger partial charge in [0.15, 0.2) is 0 Å². The number of amides is 2. The third-order valence-electron chi connectivity index (χ3n) is 7.97. The van der Waals surface area contributed by atoms with E-state index in [4.69, 9.17) is 11.6 Å². The molecule has 2 amide bonds. The fourth-order valence-corrected chi connectivity index (χ4v) is 5.95. The topological polar surface area (TPSA) is 72.9 Å². The minimum absolute atomic E-state index is 0.00865. The summed E-state index contributed by atoms with van der Waals surface area (Å²) in [6, 6.07) is 6.38. The molecule has 40 heavy (non-hydrogen) atoms. The maximum atomic E-state index is 13.9. The third-order valence-corrected chi connectivity index (χ3v) is 8.29. The zero-order valence-corrected chi connectivity index (χ0v) is 22.7. The number of alkyl halides is 3. The van der Waals surface area contributed by atoms with E-state index in [0.717, 1.165) is 42.9 Å². The smallest absolute Gasteiger partial charge is 0.371 e. The standard InChI is InChI=1S/C28H31ClF5N3O3/c1-35-25(38)23-3-2-22(16-24(23)29)36-8-4-17(5-9-36)12-18-6-10-37(11-7-18)26(39)27(40,28(32,33)34)19-13-20(30)15-21(31)14-19/h2-3,13-18,40H,4-12H2,1H3,(H,35,38). The number of halogens is 6. The zero-order chi connectivity index (χ0) is 29.2. The van der Waals surface area contributed by atoms with Gasteiger partial charge in [0.1, 0.15) is 11.6 Å². The van der Waals surface area contributed by atoms with Gasteiger partial charge in [-0.2, -0.15) is 13.2 Å². The Morgan fingerprint density at radius 1 is 0.950 bits per heavy atom. The van der Waals surface area contributed by atoms with Gasteiger partial charge in [-0.15, -0.1) is 0 Å². The summed E-state index contributed by atoms with van der Waals surface area (Å²) in [5, 5.41) is 13.5. The molecule has 2 aromatic rings. The van der Waals surface area contributed by atoms with E-state index in [9.17, 15) is 36.6 Å². The molecule has 0 spiro atoms. The molecule has 2 aliphatic heterocycles. The maximum Gasteiger partial charge on any atom is 0.430 e. The minimum Gasteiger partial charge on any atom is -0.371 e. The Labute approximate surface area is 234 Å². The van der Waals surface area contributed by atoms with Gasteiger partial charge in [-0.3, -0.25) is 9.59 Å². The lowest BCUT2D eigenvalue weighted by Crippen LogP contribution is -2.57. The highest BCUT2D eigenvalue weighted by Gasteiger charge is 2.62. The Bertz CT molecular complexity index is 1220. The number of hydrogen-bond acceptors (Lipinski definition) is 4. The normalized spacial score (nSPS) is 18.9. The van der Waals surface area contributed by atoms with Crippen molar-refractivity contribution in [2.45, 2.75) is 43.9 Å². The molecule has 1 unspecified atom stereocenters. The Hall–Kier alpha value is -2.92. The van der Waals surface area contributed by atoms with Crippen LogP contribution in [0.15, 0.2) is 36.4 Å². The number of nitrogens with zero attached hydrogens (tertiary/aromatic N) is 2. The number of anilines is 1. The second kappa shape index (κ2) is 11.9. The number of hydrogen-bond donors (Lipinski definition) is 2. The molecule has 0 saturated carbocycles. The molecule has 2 aliphatic rings. The van der Waals surface area contributed by atoms with Crippen LogP contribution in [0, 0.1) is 23.5 Å². The number of carbonyl (C=O) groups excluding carboxylic acids is 2. The van der Waals surface area contributed by atoms with Crippen molar-refractivity contribution >= 4 is 29.1 Å². The Morgan fingerprint density at radius 2 is 1.50 bits per heavy atom. The van der Waals surface area contributed by atoms with Crippen LogP contribution in [0.5, 0.6) is 0 Å². The second-order valence-corrected chi connectivity index (χ2v) is 10.9. The molecule has 2 N–H and O–H groups in total. The highest BCUT2D eigenvalue weighted by atomic mass is 35.5. The second-order valence-electron chi connectivity index (χ2n) is 10.5. The molecule has 0 radical (unpaired) electrons. The highest BCUT2D eigenvalue weighted by Crippen LogP contribution is 2.42. The van der Waals surface area contributed by atoms with Gasteiger partial charge in [0.2, 0.25) is 0 Å². The van der Waals surface area contributed by atoms with Crippen molar-refractivity contribution in [3.05, 3.63) is 64.2 Å². The predicted molar refractivity (Wildman–Crippen MR) is 140 cm³/mol. The number of likely N-dealkylation sites (tertiary alicyclic amines) is 1. The molecule has 2 aromatic carbocycles. The Morgan fingerprint density at radius 3 is 2.00 bits per heavy atom. The van der Waals surface area contributed by atoms with E-state index in [0.29, 0.717) is 47.5 Å². The minimum atomic E-state index is -5.47. The third kappa shape index (κ3) is 6.20. The van der Waals surface area contributed by atoms with Crippen LogP contribution in [0.3, 0.4) is 0 Å². The van der Waals surface area contributed by atoms with Gasteiger partial charge in [-0.1, -0.05) is 11.6 Å². The van der Waals surface area contributed by atoms with E-state index in [1.165, 1.54) is 7.05 Å². The molecule has 12 heteroatoms. The van der Waals surface area contributed by atoms with Crippen molar-refractivity contribution in [1.29, 1.82) is 0 Å². The number of aliphatic hydroxyl groups is 1. The van der Waals surface area contributed by atoms with Crippen LogP contribution in [-0.4, -0.2) is 61.2 Å². The van der Waals surface area contributed by atoms with Crippen LogP contribution >= 0.6 is 11.6 Å². The van der Waals surface area contributed by atoms with Gasteiger partial charge in [0.25, 0.3) is 17.4 Å². The maximum absolute atomic E-state index is 13.9. The van der Waals surface area contributed by atoms with Crippen molar-refractivity contribution in [1.82, 2.24) is 10.2 Å². The van der Waals surface area contributed by atoms with Gasteiger partial charge in [-0.05, 0) is 74.3 Å². The first-order chi connectivity index (χ1) is 18.8. The number of piperidine rings is 2. The summed E-state index contributed by atoms with van der Waals surface area (Å²) in [4.78, 5) is 27.9. The summed E-state index contributed by atoms with van der Waals surface area (Å²) in [6.07, 6.45) is -1.85. The van der Waals surface area contributed by atoms with E-state index < -0.39 is 34.9 Å². The van der Waals surface area contributed by atoms with Crippen LogP contribution in [0.2, 0.25) is 5.02 Å². The lowest BCUT2D eigenvalue weighted by molar-refractivity contribution is -0.262. The fourth-order valence-electron chi connectivity index (χ4n) is 5.69. The van der Waals surface area contributed by atoms with Crippen molar-refractivity contribution in [2.75, 3.05) is 38.1 Å². The van der Waals surface area contributed by atoms with Crippen LogP contribution in [0.25, 0.3) is 0 Å². The molecule has 2 fully saturated rings. The largest absolute Gasteiger partial charge is 0.430 e. The summed E-state index contributed by atoms with van der Waals surface area (Å²) in [6.45, 7) is 1.60. The van der Waals surface area contributed by atoms with Crippen LogP contribution in [-0.2, 0) is 10.4 Å². The quantitative estimate of drug-likeness (QED) is 0.452. The lowest BCUT2D eigenvalue weighted by atomic mass is 9.82. The fraction of sp³-hybridized carbons (Fsp3) is 0.500. The summed E-state index contributed by atoms with van der Waals surface area (Å²) in [5.74, 6) is -3.91. The molecule has 218 valence electrons. The summed E-state index contributed by atoms with van der Waals surface area (Å²) in [5.41, 5.74) is -3.89. The summed E-state index contributed by atoms with van der Waals surface area (Å²) in [7, 11) is 1.54. The molecular weight excluding hydrogens is 557 g/mol. The van der Waals surface area contributed by atoms with E-state index >= 15 is 0 Å². The molecule has 0 aliphatic carbocycles. The molecule has 0 bridgehead atoms. The van der Waals surface area contributed by atoms with Gasteiger partial charge in [0, 0.05) is 50.5 Å². The molecular formula is C28H31ClF5N3O3. The number of nitrogens with one attached hydrogen (secondary N) is 1. The number of carbonyl (C=O) groups is 2. The van der Waals surface area contributed by atoms with Crippen molar-refractivity contribution < 1.29 is 36.6 Å². The average molecular weight is 588 g/mol. The van der Waals surface area contributed by atoms with E-state index in [2.05, 4.69) is 10.2 Å². The molecule has 4 rings (SSSR count). The number of rotatable bonds is 6.